The number of anilines is 1. The number of nitrogens with one attached hydrogen (secondary N) is 1. The SMILES string of the molecule is CCN1C2=C(NC(=O)c3cccnc31)/C(OC)=C\C(O)=C(/C)CC2. The van der Waals surface area contributed by atoms with Gasteiger partial charge in [-0.2, -0.15) is 0 Å². The summed E-state index contributed by atoms with van der Waals surface area (Å²) in [5.74, 6) is 1.02. The summed E-state index contributed by atoms with van der Waals surface area (Å²) < 4.78 is 5.46. The number of carbonyl (C=O) groups is 1. The van der Waals surface area contributed by atoms with Crippen molar-refractivity contribution in [1.82, 2.24) is 10.3 Å². The van der Waals surface area contributed by atoms with Crippen LogP contribution in [0.5, 0.6) is 0 Å². The molecule has 1 aromatic rings. The zero-order valence-corrected chi connectivity index (χ0v) is 14.1. The van der Waals surface area contributed by atoms with Gasteiger partial charge in [0.2, 0.25) is 0 Å². The lowest BCUT2D eigenvalue weighted by Gasteiger charge is -2.28. The van der Waals surface area contributed by atoms with E-state index in [2.05, 4.69) is 10.3 Å². The van der Waals surface area contributed by atoms with Crippen LogP contribution in [0.3, 0.4) is 0 Å². The molecule has 0 atom stereocenters. The van der Waals surface area contributed by atoms with Crippen LogP contribution < -0.4 is 10.2 Å². The number of pyridine rings is 1. The van der Waals surface area contributed by atoms with Crippen molar-refractivity contribution >= 4 is 11.7 Å². The van der Waals surface area contributed by atoms with Crippen molar-refractivity contribution in [3.8, 4) is 0 Å². The van der Waals surface area contributed by atoms with Gasteiger partial charge in [-0.05, 0) is 44.4 Å². The van der Waals surface area contributed by atoms with Gasteiger partial charge < -0.3 is 20.1 Å². The number of aliphatic hydroxyl groups is 1. The maximum Gasteiger partial charge on any atom is 0.259 e. The van der Waals surface area contributed by atoms with E-state index in [0.29, 0.717) is 42.2 Å². The number of fused-ring (bicyclic) bond motifs is 1. The monoisotopic (exact) mass is 327 g/mol. The molecule has 3 rings (SSSR count). The van der Waals surface area contributed by atoms with Crippen LogP contribution in [0.4, 0.5) is 5.82 Å². The number of hydrogen-bond donors (Lipinski definition) is 2. The molecular formula is C18H21N3O3. The number of amides is 1. The fraction of sp³-hybridized carbons (Fsp3) is 0.333. The fourth-order valence-electron chi connectivity index (χ4n) is 3.02. The maximum atomic E-state index is 12.7. The number of rotatable bonds is 2. The predicted molar refractivity (Wildman–Crippen MR) is 91.4 cm³/mol. The van der Waals surface area contributed by atoms with Crippen LogP contribution in [-0.4, -0.2) is 29.7 Å². The Balaban J connectivity index is 2.22. The van der Waals surface area contributed by atoms with E-state index in [9.17, 15) is 9.90 Å². The molecule has 0 bridgehead atoms. The number of aromatic nitrogens is 1. The molecule has 6 nitrogen and oxygen atoms in total. The van der Waals surface area contributed by atoms with Gasteiger partial charge >= 0.3 is 0 Å². The molecule has 0 saturated carbocycles. The zero-order chi connectivity index (χ0) is 17.3. The molecule has 0 saturated heterocycles. The van der Waals surface area contributed by atoms with Gasteiger partial charge in [-0.3, -0.25) is 4.79 Å². The van der Waals surface area contributed by atoms with Crippen LogP contribution in [0.2, 0.25) is 0 Å². The molecule has 0 radical (unpaired) electrons. The Kier molecular flexibility index (Phi) is 4.29. The highest BCUT2D eigenvalue weighted by Crippen LogP contribution is 2.33. The number of ether oxygens (including phenoxy) is 1. The summed E-state index contributed by atoms with van der Waals surface area (Å²) in [6, 6.07) is 3.51. The van der Waals surface area contributed by atoms with E-state index in [-0.39, 0.29) is 11.7 Å². The summed E-state index contributed by atoms with van der Waals surface area (Å²) in [5, 5.41) is 13.1. The van der Waals surface area contributed by atoms with Crippen LogP contribution >= 0.6 is 0 Å². The number of methoxy groups -OCH3 is 1. The average Bonchev–Trinajstić information content (AvgIpc) is 2.71. The van der Waals surface area contributed by atoms with Gasteiger partial charge in [-0.1, -0.05) is 0 Å². The van der Waals surface area contributed by atoms with E-state index in [4.69, 9.17) is 4.74 Å². The van der Waals surface area contributed by atoms with Crippen LogP contribution in [0.25, 0.3) is 0 Å². The van der Waals surface area contributed by atoms with Gasteiger partial charge in [0.1, 0.15) is 23.0 Å². The second kappa shape index (κ2) is 6.39. The normalized spacial score (nSPS) is 23.2. The highest BCUT2D eigenvalue weighted by atomic mass is 16.5. The van der Waals surface area contributed by atoms with Crippen molar-refractivity contribution in [3.05, 3.63) is 58.5 Å². The molecule has 1 aliphatic heterocycles. The Bertz CT molecular complexity index is 777. The Morgan fingerprint density at radius 1 is 1.42 bits per heavy atom. The van der Waals surface area contributed by atoms with E-state index >= 15 is 0 Å². The molecular weight excluding hydrogens is 306 g/mol. The Hall–Kier alpha value is -2.76. The Labute approximate surface area is 141 Å². The van der Waals surface area contributed by atoms with Crippen molar-refractivity contribution in [1.29, 1.82) is 0 Å². The van der Waals surface area contributed by atoms with E-state index in [0.717, 1.165) is 11.3 Å². The van der Waals surface area contributed by atoms with Crippen molar-refractivity contribution in [2.45, 2.75) is 26.7 Å². The smallest absolute Gasteiger partial charge is 0.259 e. The topological polar surface area (TPSA) is 74.7 Å². The van der Waals surface area contributed by atoms with Gasteiger partial charge in [0.05, 0.1) is 12.7 Å². The second-order valence-electron chi connectivity index (χ2n) is 5.77. The molecule has 1 amide bonds. The van der Waals surface area contributed by atoms with Gasteiger partial charge in [-0.25, -0.2) is 4.98 Å². The average molecular weight is 327 g/mol. The first-order valence-corrected chi connectivity index (χ1v) is 7.98. The molecule has 6 heteroatoms. The van der Waals surface area contributed by atoms with Crippen molar-refractivity contribution in [3.63, 3.8) is 0 Å². The van der Waals surface area contributed by atoms with Gasteiger partial charge in [0.25, 0.3) is 5.91 Å². The molecule has 2 N–H and O–H groups in total. The zero-order valence-electron chi connectivity index (χ0n) is 14.1. The summed E-state index contributed by atoms with van der Waals surface area (Å²) in [7, 11) is 1.53. The van der Waals surface area contributed by atoms with Gasteiger partial charge in [0.15, 0.2) is 0 Å². The van der Waals surface area contributed by atoms with Crippen LogP contribution in [0.1, 0.15) is 37.0 Å². The number of aliphatic hydroxyl groups excluding tert-OH is 1. The van der Waals surface area contributed by atoms with Crippen molar-refractivity contribution in [2.75, 3.05) is 18.6 Å². The van der Waals surface area contributed by atoms with Crippen LogP contribution in [-0.2, 0) is 4.74 Å². The molecule has 0 fully saturated rings. The van der Waals surface area contributed by atoms with E-state index in [1.165, 1.54) is 7.11 Å². The number of allylic oxidation sites excluding steroid dienone is 3. The lowest BCUT2D eigenvalue weighted by atomic mass is 10.0. The molecule has 24 heavy (non-hydrogen) atoms. The number of nitrogens with zero attached hydrogens (tertiary/aromatic N) is 2. The fourth-order valence-corrected chi connectivity index (χ4v) is 3.02. The molecule has 1 aliphatic carbocycles. The largest absolute Gasteiger partial charge is 0.508 e. The molecule has 0 unspecified atom stereocenters. The Morgan fingerprint density at radius 2 is 2.21 bits per heavy atom. The lowest BCUT2D eigenvalue weighted by Crippen LogP contribution is -2.28. The summed E-state index contributed by atoms with van der Waals surface area (Å²) in [6.07, 6.45) is 4.59. The first-order valence-electron chi connectivity index (χ1n) is 7.98. The molecule has 0 spiro atoms. The maximum absolute atomic E-state index is 12.7. The summed E-state index contributed by atoms with van der Waals surface area (Å²) in [5.41, 5.74) is 2.92. The second-order valence-corrected chi connectivity index (χ2v) is 5.77. The molecule has 1 aromatic heterocycles. The molecule has 2 aliphatic rings. The third kappa shape index (κ3) is 2.64. The van der Waals surface area contributed by atoms with Crippen molar-refractivity contribution < 1.29 is 14.6 Å². The highest BCUT2D eigenvalue weighted by Gasteiger charge is 2.30. The standard InChI is InChI=1S/C18H21N3O3/c1-4-21-13-8-7-11(2)14(22)10-15(24-3)16(13)20-18(23)12-6-5-9-19-17(12)21/h5-6,9-10,22H,4,7-8H2,1-3H3,(H,20,23)/b14-11-,15-10+. The minimum absolute atomic E-state index is 0.176. The minimum Gasteiger partial charge on any atom is -0.508 e. The number of carbonyl (C=O) groups excluding carboxylic acids is 1. The molecule has 0 aromatic carbocycles. The minimum atomic E-state index is -0.231. The molecule has 2 heterocycles. The summed E-state index contributed by atoms with van der Waals surface area (Å²) >= 11 is 0. The highest BCUT2D eigenvalue weighted by molar-refractivity contribution is 6.01. The summed E-state index contributed by atoms with van der Waals surface area (Å²) in [6.45, 7) is 4.58. The number of hydrogen-bond acceptors (Lipinski definition) is 5. The van der Waals surface area contributed by atoms with E-state index in [1.807, 2.05) is 18.7 Å². The van der Waals surface area contributed by atoms with Crippen LogP contribution in [0, 0.1) is 0 Å². The Morgan fingerprint density at radius 3 is 2.92 bits per heavy atom. The third-order valence-corrected chi connectivity index (χ3v) is 4.36. The van der Waals surface area contributed by atoms with Crippen LogP contribution in [0.15, 0.2) is 52.9 Å². The predicted octanol–water partition coefficient (Wildman–Crippen LogP) is 3.02. The molecule has 126 valence electrons. The lowest BCUT2D eigenvalue weighted by molar-refractivity contribution is 0.0963. The van der Waals surface area contributed by atoms with Gasteiger partial charge in [-0.15, -0.1) is 0 Å². The van der Waals surface area contributed by atoms with Crippen molar-refractivity contribution in [2.24, 2.45) is 0 Å². The van der Waals surface area contributed by atoms with E-state index < -0.39 is 0 Å². The first kappa shape index (κ1) is 16.1. The van der Waals surface area contributed by atoms with E-state index in [1.54, 1.807) is 24.4 Å². The third-order valence-electron chi connectivity index (χ3n) is 4.36. The quantitative estimate of drug-likeness (QED) is 0.873. The first-order chi connectivity index (χ1) is 11.6. The van der Waals surface area contributed by atoms with Gasteiger partial charge in [0, 0.05) is 24.5 Å². The summed E-state index contributed by atoms with van der Waals surface area (Å²) in [4.78, 5) is 19.1.